The molecule has 1 aromatic carbocycles. The quantitative estimate of drug-likeness (QED) is 0.424. The van der Waals surface area contributed by atoms with Crippen molar-refractivity contribution >= 4 is 22.3 Å². The van der Waals surface area contributed by atoms with Crippen molar-refractivity contribution in [1.82, 2.24) is 9.88 Å². The zero-order chi connectivity index (χ0) is 22.7. The van der Waals surface area contributed by atoms with Gasteiger partial charge in [0, 0.05) is 30.6 Å². The zero-order valence-electron chi connectivity index (χ0n) is 19.6. The van der Waals surface area contributed by atoms with Gasteiger partial charge in [0.05, 0.1) is 17.4 Å². The highest BCUT2D eigenvalue weighted by molar-refractivity contribution is 5.92. The Balaban J connectivity index is 1.30. The van der Waals surface area contributed by atoms with Crippen LogP contribution in [0.3, 0.4) is 0 Å². The van der Waals surface area contributed by atoms with E-state index < -0.39 is 5.41 Å². The van der Waals surface area contributed by atoms with Crippen molar-refractivity contribution in [3.63, 3.8) is 0 Å². The van der Waals surface area contributed by atoms with Gasteiger partial charge in [0.15, 0.2) is 0 Å². The molecule has 0 saturated heterocycles. The number of benzene rings is 1. The molecule has 1 aliphatic carbocycles. The predicted octanol–water partition coefficient (Wildman–Crippen LogP) is 6.41. The van der Waals surface area contributed by atoms with Gasteiger partial charge in [-0.1, -0.05) is 43.5 Å². The highest BCUT2D eigenvalue weighted by Gasteiger charge is 2.40. The summed E-state index contributed by atoms with van der Waals surface area (Å²) in [5, 5.41) is 1.19. The van der Waals surface area contributed by atoms with E-state index in [1.807, 2.05) is 30.5 Å². The summed E-state index contributed by atoms with van der Waals surface area (Å²) < 4.78 is 5.59. The lowest BCUT2D eigenvalue weighted by Crippen LogP contribution is -2.42. The fourth-order valence-electron chi connectivity index (χ4n) is 5.70. The van der Waals surface area contributed by atoms with Crippen LogP contribution in [0.25, 0.3) is 16.5 Å². The zero-order valence-corrected chi connectivity index (χ0v) is 19.6. The molecule has 1 saturated carbocycles. The number of furan rings is 1. The van der Waals surface area contributed by atoms with Crippen molar-refractivity contribution in [1.29, 1.82) is 0 Å². The van der Waals surface area contributed by atoms with Crippen LogP contribution in [-0.4, -0.2) is 35.3 Å². The summed E-state index contributed by atoms with van der Waals surface area (Å²) in [5.41, 5.74) is 4.04. The first-order chi connectivity index (χ1) is 16.1. The molecular formula is C29H34N2O2. The van der Waals surface area contributed by atoms with E-state index >= 15 is 0 Å². The number of ketones is 1. The van der Waals surface area contributed by atoms with Crippen LogP contribution in [0, 0.1) is 5.92 Å². The highest BCUT2D eigenvalue weighted by atomic mass is 16.3. The molecule has 1 fully saturated rings. The van der Waals surface area contributed by atoms with Crippen molar-refractivity contribution in [3.05, 3.63) is 72.3 Å². The summed E-state index contributed by atoms with van der Waals surface area (Å²) in [7, 11) is 0. The average Bonchev–Trinajstić information content (AvgIpc) is 3.37. The largest absolute Gasteiger partial charge is 0.464 e. The van der Waals surface area contributed by atoms with Crippen LogP contribution in [0.5, 0.6) is 0 Å². The lowest BCUT2D eigenvalue weighted by molar-refractivity contribution is -0.129. The monoisotopic (exact) mass is 442 g/mol. The number of fused-ring (bicyclic) bond motifs is 1. The van der Waals surface area contributed by atoms with Crippen LogP contribution < -0.4 is 0 Å². The number of hydrogen-bond acceptors (Lipinski definition) is 4. The van der Waals surface area contributed by atoms with Crippen LogP contribution in [0.1, 0.15) is 63.1 Å². The SMILES string of the molecule is CC(CCN1CC=C(c2cccc3occc23)CC1)(C(=O)C1CCCCC1)c1ccccn1. The second-order valence-electron chi connectivity index (χ2n) is 9.91. The molecule has 1 aliphatic heterocycles. The topological polar surface area (TPSA) is 46.3 Å². The maximum absolute atomic E-state index is 13.7. The van der Waals surface area contributed by atoms with E-state index in [-0.39, 0.29) is 5.92 Å². The number of carbonyl (C=O) groups excluding carboxylic acids is 1. The summed E-state index contributed by atoms with van der Waals surface area (Å²) in [6, 6.07) is 14.3. The molecule has 0 amide bonds. The lowest BCUT2D eigenvalue weighted by Gasteiger charge is -2.35. The molecule has 2 aliphatic rings. The van der Waals surface area contributed by atoms with E-state index in [1.165, 1.54) is 35.8 Å². The maximum atomic E-state index is 13.7. The van der Waals surface area contributed by atoms with Crippen LogP contribution in [0.2, 0.25) is 0 Å². The average molecular weight is 443 g/mol. The summed E-state index contributed by atoms with van der Waals surface area (Å²) in [5.74, 6) is 0.592. The number of Topliss-reactive ketones (excluding diaryl/α,β-unsaturated/α-hetero) is 1. The Morgan fingerprint density at radius 2 is 2.00 bits per heavy atom. The van der Waals surface area contributed by atoms with Crippen molar-refractivity contribution in [2.45, 2.75) is 57.3 Å². The molecule has 0 N–H and O–H groups in total. The van der Waals surface area contributed by atoms with Crippen LogP contribution in [0.4, 0.5) is 0 Å². The van der Waals surface area contributed by atoms with E-state index in [0.717, 1.165) is 56.6 Å². The summed E-state index contributed by atoms with van der Waals surface area (Å²) >= 11 is 0. The van der Waals surface area contributed by atoms with Gasteiger partial charge in [0.2, 0.25) is 0 Å². The molecule has 5 rings (SSSR count). The second-order valence-corrected chi connectivity index (χ2v) is 9.91. The molecule has 0 bridgehead atoms. The lowest BCUT2D eigenvalue weighted by atomic mass is 9.70. The molecule has 1 atom stereocenters. The van der Waals surface area contributed by atoms with E-state index in [2.05, 4.69) is 41.1 Å². The summed E-state index contributed by atoms with van der Waals surface area (Å²) in [6.45, 7) is 4.97. The van der Waals surface area contributed by atoms with Crippen LogP contribution in [0.15, 0.2) is 65.4 Å². The minimum Gasteiger partial charge on any atom is -0.464 e. The van der Waals surface area contributed by atoms with Crippen LogP contribution >= 0.6 is 0 Å². The number of rotatable bonds is 7. The van der Waals surface area contributed by atoms with Crippen molar-refractivity contribution in [3.8, 4) is 0 Å². The number of aromatic nitrogens is 1. The van der Waals surface area contributed by atoms with Gasteiger partial charge in [-0.25, -0.2) is 0 Å². The van der Waals surface area contributed by atoms with Gasteiger partial charge in [0.1, 0.15) is 11.4 Å². The van der Waals surface area contributed by atoms with Crippen molar-refractivity contribution < 1.29 is 9.21 Å². The van der Waals surface area contributed by atoms with Gasteiger partial charge < -0.3 is 4.42 Å². The Bertz CT molecular complexity index is 1130. The second kappa shape index (κ2) is 9.64. The Morgan fingerprint density at radius 3 is 2.76 bits per heavy atom. The van der Waals surface area contributed by atoms with E-state index in [9.17, 15) is 4.79 Å². The Hall–Kier alpha value is -2.72. The molecule has 0 radical (unpaired) electrons. The Morgan fingerprint density at radius 1 is 1.12 bits per heavy atom. The van der Waals surface area contributed by atoms with Gasteiger partial charge in [-0.3, -0.25) is 14.7 Å². The Kier molecular flexibility index (Phi) is 6.45. The molecule has 2 aromatic heterocycles. The standard InChI is InChI=1S/C29H34N2O2/c1-29(27-12-5-6-17-30-27,28(32)23-8-3-2-4-9-23)16-20-31-18-13-22(14-19-31)24-10-7-11-26-25(24)15-21-33-26/h5-7,10-13,15,17,21,23H,2-4,8-9,14,16,18-20H2,1H3. The molecule has 172 valence electrons. The number of hydrogen-bond donors (Lipinski definition) is 0. The molecule has 1 unspecified atom stereocenters. The molecular weight excluding hydrogens is 408 g/mol. The Labute approximate surface area is 196 Å². The third-order valence-corrected chi connectivity index (χ3v) is 7.81. The number of carbonyl (C=O) groups is 1. The first-order valence-electron chi connectivity index (χ1n) is 12.5. The van der Waals surface area contributed by atoms with Crippen molar-refractivity contribution in [2.75, 3.05) is 19.6 Å². The molecule has 33 heavy (non-hydrogen) atoms. The fraction of sp³-hybridized carbons (Fsp3) is 0.448. The van der Waals surface area contributed by atoms with Gasteiger partial charge in [-0.05, 0) is 74.6 Å². The molecule has 0 spiro atoms. The van der Waals surface area contributed by atoms with E-state index in [0.29, 0.717) is 5.78 Å². The van der Waals surface area contributed by atoms with Crippen molar-refractivity contribution in [2.24, 2.45) is 5.92 Å². The normalized spacial score (nSPS) is 19.8. The van der Waals surface area contributed by atoms with Gasteiger partial charge >= 0.3 is 0 Å². The minimum atomic E-state index is -0.518. The molecule has 3 heterocycles. The highest BCUT2D eigenvalue weighted by Crippen LogP contribution is 2.36. The minimum absolute atomic E-state index is 0.189. The first-order valence-corrected chi connectivity index (χ1v) is 12.5. The molecule has 3 aromatic rings. The van der Waals surface area contributed by atoms with Crippen LogP contribution in [-0.2, 0) is 10.2 Å². The summed E-state index contributed by atoms with van der Waals surface area (Å²) in [4.78, 5) is 20.9. The third-order valence-electron chi connectivity index (χ3n) is 7.81. The molecule has 4 heteroatoms. The fourth-order valence-corrected chi connectivity index (χ4v) is 5.70. The predicted molar refractivity (Wildman–Crippen MR) is 133 cm³/mol. The maximum Gasteiger partial charge on any atom is 0.147 e. The van der Waals surface area contributed by atoms with E-state index in [1.54, 1.807) is 6.26 Å². The summed E-state index contributed by atoms with van der Waals surface area (Å²) in [6.07, 6.45) is 13.5. The first kappa shape index (κ1) is 22.1. The third kappa shape index (κ3) is 4.54. The number of pyridine rings is 1. The number of nitrogens with zero attached hydrogens (tertiary/aromatic N) is 2. The van der Waals surface area contributed by atoms with Gasteiger partial charge in [-0.15, -0.1) is 0 Å². The van der Waals surface area contributed by atoms with Gasteiger partial charge in [0.25, 0.3) is 0 Å². The van der Waals surface area contributed by atoms with E-state index in [4.69, 9.17) is 4.42 Å². The molecule has 4 nitrogen and oxygen atoms in total. The smallest absolute Gasteiger partial charge is 0.147 e. The van der Waals surface area contributed by atoms with Gasteiger partial charge in [-0.2, -0.15) is 0 Å².